The first-order valence-corrected chi connectivity index (χ1v) is 6.93. The van der Waals surface area contributed by atoms with Gasteiger partial charge >= 0.3 is 0 Å². The average molecular weight is 247 g/mol. The van der Waals surface area contributed by atoms with E-state index in [0.717, 1.165) is 24.8 Å². The summed E-state index contributed by atoms with van der Waals surface area (Å²) < 4.78 is 0. The highest BCUT2D eigenvalue weighted by Crippen LogP contribution is 2.15. The minimum absolute atomic E-state index is 0.00560. The third kappa shape index (κ3) is 3.67. The Morgan fingerprint density at radius 1 is 1.22 bits per heavy atom. The molecule has 1 aromatic carbocycles. The third-order valence-electron chi connectivity index (χ3n) is 3.64. The highest BCUT2D eigenvalue weighted by molar-refractivity contribution is 6.00. The summed E-state index contributed by atoms with van der Waals surface area (Å²) in [5.74, 6) is 0.239. The van der Waals surface area contributed by atoms with Crippen molar-refractivity contribution < 1.29 is 4.79 Å². The van der Waals surface area contributed by atoms with Crippen LogP contribution < -0.4 is 0 Å². The average Bonchev–Trinajstić information content (AvgIpc) is 2.40. The number of carbonyl (C=O) groups excluding carboxylic acids is 1. The summed E-state index contributed by atoms with van der Waals surface area (Å²) in [5, 5.41) is 0. The second-order valence-corrected chi connectivity index (χ2v) is 4.96. The molecule has 0 aliphatic carbocycles. The SMILES string of the molecule is CCCC(C)N(C)C(CC)C(=O)c1ccccc1. The van der Waals surface area contributed by atoms with E-state index in [1.54, 1.807) is 0 Å². The Bertz CT molecular complexity index is 361. The van der Waals surface area contributed by atoms with Gasteiger partial charge in [-0.15, -0.1) is 0 Å². The molecule has 1 rings (SSSR count). The van der Waals surface area contributed by atoms with E-state index in [1.165, 1.54) is 0 Å². The van der Waals surface area contributed by atoms with Gasteiger partial charge in [-0.2, -0.15) is 0 Å². The molecule has 0 heterocycles. The van der Waals surface area contributed by atoms with Gasteiger partial charge < -0.3 is 0 Å². The monoisotopic (exact) mass is 247 g/mol. The lowest BCUT2D eigenvalue weighted by molar-refractivity contribution is 0.0790. The van der Waals surface area contributed by atoms with Crippen LogP contribution in [0.5, 0.6) is 0 Å². The molecule has 2 atom stereocenters. The van der Waals surface area contributed by atoms with Crippen molar-refractivity contribution in [2.75, 3.05) is 7.05 Å². The lowest BCUT2D eigenvalue weighted by Gasteiger charge is -2.31. The van der Waals surface area contributed by atoms with Gasteiger partial charge in [-0.1, -0.05) is 50.6 Å². The van der Waals surface area contributed by atoms with Crippen molar-refractivity contribution in [1.82, 2.24) is 4.90 Å². The van der Waals surface area contributed by atoms with E-state index in [1.807, 2.05) is 30.3 Å². The molecule has 100 valence electrons. The van der Waals surface area contributed by atoms with Gasteiger partial charge in [0.25, 0.3) is 0 Å². The first kappa shape index (κ1) is 14.9. The van der Waals surface area contributed by atoms with Crippen LogP contribution in [-0.4, -0.2) is 29.8 Å². The summed E-state index contributed by atoms with van der Waals surface area (Å²) in [7, 11) is 2.06. The van der Waals surface area contributed by atoms with Crippen LogP contribution in [0.1, 0.15) is 50.4 Å². The summed E-state index contributed by atoms with van der Waals surface area (Å²) in [6, 6.07) is 10.1. The van der Waals surface area contributed by atoms with E-state index in [2.05, 4.69) is 32.7 Å². The second-order valence-electron chi connectivity index (χ2n) is 4.96. The zero-order chi connectivity index (χ0) is 13.5. The molecule has 2 nitrogen and oxygen atoms in total. The molecule has 0 bridgehead atoms. The maximum absolute atomic E-state index is 12.5. The van der Waals surface area contributed by atoms with Crippen molar-refractivity contribution in [1.29, 1.82) is 0 Å². The van der Waals surface area contributed by atoms with E-state index in [4.69, 9.17) is 0 Å². The molecule has 0 aliphatic rings. The van der Waals surface area contributed by atoms with Gasteiger partial charge in [-0.05, 0) is 26.8 Å². The van der Waals surface area contributed by atoms with Gasteiger partial charge in [0.05, 0.1) is 6.04 Å². The molecule has 0 N–H and O–H groups in total. The van der Waals surface area contributed by atoms with Crippen LogP contribution in [0, 0.1) is 0 Å². The quantitative estimate of drug-likeness (QED) is 0.684. The molecule has 2 unspecified atom stereocenters. The van der Waals surface area contributed by atoms with E-state index < -0.39 is 0 Å². The Hall–Kier alpha value is -1.15. The van der Waals surface area contributed by atoms with Crippen LogP contribution >= 0.6 is 0 Å². The van der Waals surface area contributed by atoms with E-state index >= 15 is 0 Å². The summed E-state index contributed by atoms with van der Waals surface area (Å²) in [6.45, 7) is 6.47. The largest absolute Gasteiger partial charge is 0.294 e. The molecule has 0 radical (unpaired) electrons. The van der Waals surface area contributed by atoms with Crippen LogP contribution in [0.4, 0.5) is 0 Å². The summed E-state index contributed by atoms with van der Waals surface area (Å²) in [4.78, 5) is 14.7. The summed E-state index contributed by atoms with van der Waals surface area (Å²) >= 11 is 0. The first-order valence-electron chi connectivity index (χ1n) is 6.93. The minimum Gasteiger partial charge on any atom is -0.294 e. The number of hydrogen-bond acceptors (Lipinski definition) is 2. The van der Waals surface area contributed by atoms with Gasteiger partial charge in [0.2, 0.25) is 0 Å². The van der Waals surface area contributed by atoms with Crippen LogP contribution in [0.2, 0.25) is 0 Å². The normalized spacial score (nSPS) is 14.5. The Morgan fingerprint density at radius 2 is 1.83 bits per heavy atom. The molecule has 18 heavy (non-hydrogen) atoms. The lowest BCUT2D eigenvalue weighted by atomic mass is 9.99. The maximum atomic E-state index is 12.5. The number of hydrogen-bond donors (Lipinski definition) is 0. The number of likely N-dealkylation sites (N-methyl/N-ethyl adjacent to an activating group) is 1. The van der Waals surface area contributed by atoms with E-state index in [9.17, 15) is 4.79 Å². The Labute approximate surface area is 111 Å². The zero-order valence-corrected chi connectivity index (χ0v) is 12.0. The van der Waals surface area contributed by atoms with E-state index in [0.29, 0.717) is 6.04 Å². The number of rotatable bonds is 7. The van der Waals surface area contributed by atoms with Crippen LogP contribution in [0.3, 0.4) is 0 Å². The highest BCUT2D eigenvalue weighted by atomic mass is 16.1. The third-order valence-corrected chi connectivity index (χ3v) is 3.64. The van der Waals surface area contributed by atoms with Gasteiger partial charge in [-0.25, -0.2) is 0 Å². The molecule has 2 heteroatoms. The number of carbonyl (C=O) groups is 1. The standard InChI is InChI=1S/C16H25NO/c1-5-10-13(3)17(4)15(6-2)16(18)14-11-8-7-9-12-14/h7-9,11-13,15H,5-6,10H2,1-4H3. The van der Waals surface area contributed by atoms with Crippen molar-refractivity contribution in [3.05, 3.63) is 35.9 Å². The van der Waals surface area contributed by atoms with Crippen molar-refractivity contribution in [2.24, 2.45) is 0 Å². The predicted molar refractivity (Wildman–Crippen MR) is 77.0 cm³/mol. The number of ketones is 1. The number of benzene rings is 1. The van der Waals surface area contributed by atoms with Crippen molar-refractivity contribution in [3.63, 3.8) is 0 Å². The second kappa shape index (κ2) is 7.32. The zero-order valence-electron chi connectivity index (χ0n) is 12.0. The molecule has 0 amide bonds. The summed E-state index contributed by atoms with van der Waals surface area (Å²) in [6.07, 6.45) is 3.15. The molecular weight excluding hydrogens is 222 g/mol. The van der Waals surface area contributed by atoms with Crippen LogP contribution in [0.15, 0.2) is 30.3 Å². The topological polar surface area (TPSA) is 20.3 Å². The summed E-state index contributed by atoms with van der Waals surface area (Å²) in [5.41, 5.74) is 0.819. The molecule has 0 saturated carbocycles. The fourth-order valence-corrected chi connectivity index (χ4v) is 2.38. The first-order chi connectivity index (χ1) is 8.61. The van der Waals surface area contributed by atoms with E-state index in [-0.39, 0.29) is 11.8 Å². The van der Waals surface area contributed by atoms with Crippen LogP contribution in [-0.2, 0) is 0 Å². The molecule has 0 fully saturated rings. The van der Waals surface area contributed by atoms with Crippen molar-refractivity contribution in [3.8, 4) is 0 Å². The number of Topliss-reactive ketones (excluding diaryl/α,β-unsaturated/α-hetero) is 1. The molecule has 1 aromatic rings. The molecule has 0 saturated heterocycles. The highest BCUT2D eigenvalue weighted by Gasteiger charge is 2.25. The minimum atomic E-state index is -0.00560. The molecule has 0 aliphatic heterocycles. The van der Waals surface area contributed by atoms with Gasteiger partial charge in [-0.3, -0.25) is 9.69 Å². The lowest BCUT2D eigenvalue weighted by Crippen LogP contribution is -2.43. The van der Waals surface area contributed by atoms with Gasteiger partial charge in [0, 0.05) is 11.6 Å². The molecule has 0 aromatic heterocycles. The van der Waals surface area contributed by atoms with Gasteiger partial charge in [0.1, 0.15) is 0 Å². The number of nitrogens with zero attached hydrogens (tertiary/aromatic N) is 1. The predicted octanol–water partition coefficient (Wildman–Crippen LogP) is 3.77. The fourth-order valence-electron chi connectivity index (χ4n) is 2.38. The Morgan fingerprint density at radius 3 is 2.33 bits per heavy atom. The maximum Gasteiger partial charge on any atom is 0.179 e. The smallest absolute Gasteiger partial charge is 0.179 e. The Kier molecular flexibility index (Phi) is 6.06. The van der Waals surface area contributed by atoms with Crippen LogP contribution in [0.25, 0.3) is 0 Å². The fraction of sp³-hybridized carbons (Fsp3) is 0.562. The van der Waals surface area contributed by atoms with Crippen molar-refractivity contribution >= 4 is 5.78 Å². The Balaban J connectivity index is 2.80. The molecular formula is C16H25NO. The molecule has 0 spiro atoms. The van der Waals surface area contributed by atoms with Gasteiger partial charge in [0.15, 0.2) is 5.78 Å². The van der Waals surface area contributed by atoms with Crippen molar-refractivity contribution in [2.45, 2.75) is 52.1 Å².